The minimum atomic E-state index is -0.548. The number of nitrogens with one attached hydrogen (secondary N) is 1. The molecule has 0 aliphatic heterocycles. The summed E-state index contributed by atoms with van der Waals surface area (Å²) in [7, 11) is 0. The summed E-state index contributed by atoms with van der Waals surface area (Å²) in [6.45, 7) is 3.72. The first kappa shape index (κ1) is 19.3. The Morgan fingerprint density at radius 2 is 1.93 bits per heavy atom. The second-order valence-corrected chi connectivity index (χ2v) is 6.78. The molecule has 0 aliphatic carbocycles. The van der Waals surface area contributed by atoms with Gasteiger partial charge in [-0.05, 0) is 30.5 Å². The number of carbonyl (C=O) groups excluding carboxylic acids is 1. The summed E-state index contributed by atoms with van der Waals surface area (Å²) in [5.41, 5.74) is 1.18. The number of para-hydroxylation sites is 4. The zero-order chi connectivity index (χ0) is 20.1. The lowest BCUT2D eigenvalue weighted by molar-refractivity contribution is -0.385. The Morgan fingerprint density at radius 1 is 1.21 bits per heavy atom. The molecule has 0 spiro atoms. The molecule has 146 valence electrons. The Morgan fingerprint density at radius 3 is 2.64 bits per heavy atom. The van der Waals surface area contributed by atoms with Crippen molar-refractivity contribution in [2.45, 2.75) is 26.3 Å². The molecule has 1 atom stereocenters. The zero-order valence-corrected chi connectivity index (χ0v) is 15.6. The molecular weight excluding hydrogens is 362 g/mol. The number of hydrogen-bond acceptors (Lipinski definition) is 6. The standard InChI is InChI=1S/C20H21N3O5/c1-13(2)11-15(20-22-14-7-3-5-9-17(14)28-20)21-19(24)12-27-18-10-6-4-8-16(18)23(25)26/h3-10,13,15H,11-12H2,1-2H3,(H,21,24)/t15-/m1/s1. The number of hydrogen-bond donors (Lipinski definition) is 1. The van der Waals surface area contributed by atoms with Gasteiger partial charge in [-0.2, -0.15) is 0 Å². The maximum atomic E-state index is 12.4. The van der Waals surface area contributed by atoms with Gasteiger partial charge in [-0.15, -0.1) is 0 Å². The highest BCUT2D eigenvalue weighted by atomic mass is 16.6. The van der Waals surface area contributed by atoms with Crippen LogP contribution < -0.4 is 10.1 Å². The van der Waals surface area contributed by atoms with Crippen molar-refractivity contribution in [1.82, 2.24) is 10.3 Å². The van der Waals surface area contributed by atoms with E-state index in [1.165, 1.54) is 18.2 Å². The lowest BCUT2D eigenvalue weighted by Crippen LogP contribution is -2.33. The lowest BCUT2D eigenvalue weighted by Gasteiger charge is -2.17. The van der Waals surface area contributed by atoms with Crippen LogP contribution in [-0.4, -0.2) is 22.4 Å². The minimum Gasteiger partial charge on any atom is -0.477 e. The molecule has 0 aliphatic rings. The quantitative estimate of drug-likeness (QED) is 0.465. The minimum absolute atomic E-state index is 0.0462. The molecule has 0 saturated heterocycles. The van der Waals surface area contributed by atoms with Gasteiger partial charge in [0.25, 0.3) is 5.91 Å². The molecule has 1 amide bonds. The van der Waals surface area contributed by atoms with E-state index in [0.29, 0.717) is 17.9 Å². The Hall–Kier alpha value is -3.42. The van der Waals surface area contributed by atoms with Gasteiger partial charge in [-0.25, -0.2) is 4.98 Å². The van der Waals surface area contributed by atoms with Crippen LogP contribution in [0.25, 0.3) is 11.1 Å². The molecule has 1 aromatic heterocycles. The van der Waals surface area contributed by atoms with E-state index >= 15 is 0 Å². The van der Waals surface area contributed by atoms with Crippen LogP contribution in [0.3, 0.4) is 0 Å². The lowest BCUT2D eigenvalue weighted by atomic mass is 10.0. The van der Waals surface area contributed by atoms with E-state index in [-0.39, 0.29) is 24.0 Å². The van der Waals surface area contributed by atoms with Gasteiger partial charge in [-0.3, -0.25) is 14.9 Å². The van der Waals surface area contributed by atoms with Crippen molar-refractivity contribution < 1.29 is 18.9 Å². The van der Waals surface area contributed by atoms with Crippen molar-refractivity contribution >= 4 is 22.7 Å². The van der Waals surface area contributed by atoms with Gasteiger partial charge in [0.1, 0.15) is 11.6 Å². The van der Waals surface area contributed by atoms with Crippen molar-refractivity contribution in [3.05, 3.63) is 64.5 Å². The summed E-state index contributed by atoms with van der Waals surface area (Å²) in [5.74, 6) is 0.348. The summed E-state index contributed by atoms with van der Waals surface area (Å²) in [5, 5.41) is 13.9. The normalized spacial score (nSPS) is 12.1. The molecule has 3 rings (SSSR count). The maximum Gasteiger partial charge on any atom is 0.310 e. The smallest absolute Gasteiger partial charge is 0.310 e. The Balaban J connectivity index is 1.70. The monoisotopic (exact) mass is 383 g/mol. The molecule has 2 aromatic carbocycles. The number of benzene rings is 2. The van der Waals surface area contributed by atoms with Crippen molar-refractivity contribution in [3.63, 3.8) is 0 Å². The predicted octanol–water partition coefficient (Wildman–Crippen LogP) is 4.02. The zero-order valence-electron chi connectivity index (χ0n) is 15.6. The SMILES string of the molecule is CC(C)C[C@@H](NC(=O)COc1ccccc1[N+](=O)[O-])c1nc2ccccc2o1. The topological polar surface area (TPSA) is 108 Å². The number of fused-ring (bicyclic) bond motifs is 1. The van der Waals surface area contributed by atoms with Crippen LogP contribution in [0.1, 0.15) is 32.2 Å². The maximum absolute atomic E-state index is 12.4. The summed E-state index contributed by atoms with van der Waals surface area (Å²) < 4.78 is 11.1. The second-order valence-electron chi connectivity index (χ2n) is 6.78. The molecule has 1 heterocycles. The van der Waals surface area contributed by atoms with Gasteiger partial charge in [-0.1, -0.05) is 38.1 Å². The number of aromatic nitrogens is 1. The molecular formula is C20H21N3O5. The van der Waals surface area contributed by atoms with Crippen molar-refractivity contribution in [2.75, 3.05) is 6.61 Å². The summed E-state index contributed by atoms with van der Waals surface area (Å²) in [4.78, 5) is 27.4. The summed E-state index contributed by atoms with van der Waals surface area (Å²) in [6, 6.07) is 12.9. The fourth-order valence-corrected chi connectivity index (χ4v) is 2.84. The molecule has 8 nitrogen and oxygen atoms in total. The highest BCUT2D eigenvalue weighted by molar-refractivity contribution is 5.78. The fraction of sp³-hybridized carbons (Fsp3) is 0.300. The Labute approximate surface area is 161 Å². The van der Waals surface area contributed by atoms with E-state index in [1.54, 1.807) is 6.07 Å². The number of nitrogens with zero attached hydrogens (tertiary/aromatic N) is 2. The van der Waals surface area contributed by atoms with Gasteiger partial charge in [0.15, 0.2) is 17.9 Å². The van der Waals surface area contributed by atoms with Crippen LogP contribution in [0.15, 0.2) is 52.9 Å². The molecule has 0 fully saturated rings. The molecule has 0 radical (unpaired) electrons. The van der Waals surface area contributed by atoms with Crippen LogP contribution in [0.2, 0.25) is 0 Å². The third-order valence-corrected chi connectivity index (χ3v) is 4.07. The van der Waals surface area contributed by atoms with Crippen LogP contribution >= 0.6 is 0 Å². The average Bonchev–Trinajstić information content (AvgIpc) is 3.10. The van der Waals surface area contributed by atoms with Gasteiger partial charge in [0.05, 0.1) is 4.92 Å². The van der Waals surface area contributed by atoms with Gasteiger partial charge in [0, 0.05) is 6.07 Å². The highest BCUT2D eigenvalue weighted by Crippen LogP contribution is 2.27. The molecule has 0 unspecified atom stereocenters. The Bertz CT molecular complexity index is 950. The first-order chi connectivity index (χ1) is 13.4. The van der Waals surface area contributed by atoms with Gasteiger partial charge in [0.2, 0.25) is 5.89 Å². The van der Waals surface area contributed by atoms with E-state index in [9.17, 15) is 14.9 Å². The summed E-state index contributed by atoms with van der Waals surface area (Å²) >= 11 is 0. The van der Waals surface area contributed by atoms with Crippen LogP contribution in [0.4, 0.5) is 5.69 Å². The number of nitro groups is 1. The fourth-order valence-electron chi connectivity index (χ4n) is 2.84. The molecule has 28 heavy (non-hydrogen) atoms. The predicted molar refractivity (Wildman–Crippen MR) is 103 cm³/mol. The number of rotatable bonds is 8. The molecule has 0 bridgehead atoms. The van der Waals surface area contributed by atoms with Crippen molar-refractivity contribution in [2.24, 2.45) is 5.92 Å². The molecule has 0 saturated carbocycles. The molecule has 1 N–H and O–H groups in total. The largest absolute Gasteiger partial charge is 0.477 e. The molecule has 3 aromatic rings. The van der Waals surface area contributed by atoms with Crippen molar-refractivity contribution in [3.8, 4) is 5.75 Å². The Kier molecular flexibility index (Phi) is 5.88. The number of oxazole rings is 1. The second kappa shape index (κ2) is 8.51. The summed E-state index contributed by atoms with van der Waals surface area (Å²) in [6.07, 6.45) is 0.629. The average molecular weight is 383 g/mol. The van der Waals surface area contributed by atoms with E-state index < -0.39 is 16.9 Å². The number of amides is 1. The van der Waals surface area contributed by atoms with Crippen LogP contribution in [-0.2, 0) is 4.79 Å². The van der Waals surface area contributed by atoms with Crippen LogP contribution in [0, 0.1) is 16.0 Å². The molecule has 8 heteroatoms. The van der Waals surface area contributed by atoms with Gasteiger partial charge < -0.3 is 14.5 Å². The first-order valence-corrected chi connectivity index (χ1v) is 8.95. The van der Waals surface area contributed by atoms with E-state index in [0.717, 1.165) is 5.52 Å². The first-order valence-electron chi connectivity index (χ1n) is 8.95. The third kappa shape index (κ3) is 4.64. The highest BCUT2D eigenvalue weighted by Gasteiger charge is 2.22. The third-order valence-electron chi connectivity index (χ3n) is 4.07. The number of nitro benzene ring substituents is 1. The van der Waals surface area contributed by atoms with E-state index in [1.807, 2.05) is 38.1 Å². The van der Waals surface area contributed by atoms with Crippen LogP contribution in [0.5, 0.6) is 5.75 Å². The van der Waals surface area contributed by atoms with Gasteiger partial charge >= 0.3 is 5.69 Å². The number of ether oxygens (including phenoxy) is 1. The van der Waals surface area contributed by atoms with E-state index in [2.05, 4.69) is 10.3 Å². The van der Waals surface area contributed by atoms with Crippen molar-refractivity contribution in [1.29, 1.82) is 0 Å². The van der Waals surface area contributed by atoms with E-state index in [4.69, 9.17) is 9.15 Å². The number of carbonyl (C=O) groups is 1.